The summed E-state index contributed by atoms with van der Waals surface area (Å²) in [5, 5.41) is 28.8. The normalized spacial score (nSPS) is 24.9. The van der Waals surface area contributed by atoms with Gasteiger partial charge in [-0.2, -0.15) is 0 Å². The lowest BCUT2D eigenvalue weighted by Crippen LogP contribution is -2.34. The minimum Gasteiger partial charge on any atom is -0.394 e. The molecule has 1 heterocycles. The molecule has 6 nitrogen and oxygen atoms in total. The van der Waals surface area contributed by atoms with E-state index in [9.17, 15) is 19.7 Å². The maximum absolute atomic E-state index is 12.4. The summed E-state index contributed by atoms with van der Waals surface area (Å²) >= 11 is 0. The fourth-order valence-electron chi connectivity index (χ4n) is 4.76. The number of rotatable bonds is 22. The van der Waals surface area contributed by atoms with Gasteiger partial charge in [0.05, 0.1) is 18.9 Å². The highest BCUT2D eigenvalue weighted by Gasteiger charge is 2.44. The molecule has 1 aliphatic heterocycles. The summed E-state index contributed by atoms with van der Waals surface area (Å²) in [6.45, 7) is 1.86. The standard InChI is InChI=1S/C26H53O6P/c1-2-3-4-5-6-7-8-9-10-11-12-13-14-15-16-17-18-19-20-33(30,31)22-24-26(29)25(28)23(21-27)32-24/h23-29H,2-22H2,1H3,(H,30,31)/t23-,24+,25-,26-/m1/s1. The summed E-state index contributed by atoms with van der Waals surface area (Å²) in [5.74, 6) is 0. The molecule has 5 atom stereocenters. The second-order valence-electron chi connectivity index (χ2n) is 10.1. The molecule has 0 aromatic heterocycles. The minimum absolute atomic E-state index is 0.166. The molecule has 1 aliphatic rings. The van der Waals surface area contributed by atoms with Crippen LogP contribution in [0.2, 0.25) is 0 Å². The van der Waals surface area contributed by atoms with Crippen LogP contribution in [0.1, 0.15) is 122 Å². The number of unbranched alkanes of at least 4 members (excludes halogenated alkanes) is 17. The molecule has 0 amide bonds. The molecule has 0 radical (unpaired) electrons. The largest absolute Gasteiger partial charge is 0.394 e. The van der Waals surface area contributed by atoms with Crippen molar-refractivity contribution in [1.82, 2.24) is 0 Å². The summed E-state index contributed by atoms with van der Waals surface area (Å²) in [6, 6.07) is 0. The maximum atomic E-state index is 12.4. The zero-order chi connectivity index (χ0) is 24.4. The van der Waals surface area contributed by atoms with Crippen molar-refractivity contribution in [3.63, 3.8) is 0 Å². The van der Waals surface area contributed by atoms with Gasteiger partial charge in [0.2, 0.25) is 7.37 Å². The van der Waals surface area contributed by atoms with Crippen LogP contribution in [-0.2, 0) is 9.30 Å². The summed E-state index contributed by atoms with van der Waals surface area (Å²) in [4.78, 5) is 10.2. The Balaban J connectivity index is 1.88. The highest BCUT2D eigenvalue weighted by Crippen LogP contribution is 2.44. The van der Waals surface area contributed by atoms with Crippen molar-refractivity contribution in [2.75, 3.05) is 18.9 Å². The van der Waals surface area contributed by atoms with Crippen LogP contribution in [0.4, 0.5) is 0 Å². The molecule has 1 saturated heterocycles. The first-order valence-electron chi connectivity index (χ1n) is 13.8. The van der Waals surface area contributed by atoms with Gasteiger partial charge in [0, 0.05) is 6.16 Å². The number of hydrogen-bond donors (Lipinski definition) is 4. The summed E-state index contributed by atoms with van der Waals surface area (Å²) in [5.41, 5.74) is 0. The van der Waals surface area contributed by atoms with Crippen molar-refractivity contribution in [1.29, 1.82) is 0 Å². The lowest BCUT2D eigenvalue weighted by atomic mass is 10.0. The molecular weight excluding hydrogens is 439 g/mol. The van der Waals surface area contributed by atoms with Gasteiger partial charge < -0.3 is 24.9 Å². The first-order valence-corrected chi connectivity index (χ1v) is 15.9. The van der Waals surface area contributed by atoms with E-state index in [1.807, 2.05) is 0 Å². The van der Waals surface area contributed by atoms with Crippen LogP contribution in [0.5, 0.6) is 0 Å². The Kier molecular flexibility index (Phi) is 18.1. The lowest BCUT2D eigenvalue weighted by molar-refractivity contribution is -0.0168. The number of ether oxygens (including phenoxy) is 1. The van der Waals surface area contributed by atoms with Crippen LogP contribution in [0.25, 0.3) is 0 Å². The molecule has 33 heavy (non-hydrogen) atoms. The predicted octanol–water partition coefficient (Wildman–Crippen LogP) is 5.78. The summed E-state index contributed by atoms with van der Waals surface area (Å²) in [7, 11) is -3.41. The van der Waals surface area contributed by atoms with Gasteiger partial charge in [0.1, 0.15) is 18.3 Å². The molecule has 0 saturated carbocycles. The van der Waals surface area contributed by atoms with Crippen LogP contribution < -0.4 is 0 Å². The Bertz CT molecular complexity index is 503. The van der Waals surface area contributed by atoms with Gasteiger partial charge in [-0.1, -0.05) is 116 Å². The maximum Gasteiger partial charge on any atom is 0.203 e. The molecule has 1 rings (SSSR count). The zero-order valence-electron chi connectivity index (χ0n) is 21.2. The highest BCUT2D eigenvalue weighted by molar-refractivity contribution is 7.58. The molecule has 198 valence electrons. The van der Waals surface area contributed by atoms with E-state index in [2.05, 4.69) is 6.92 Å². The molecule has 7 heteroatoms. The molecule has 0 bridgehead atoms. The van der Waals surface area contributed by atoms with Gasteiger partial charge in [0.25, 0.3) is 0 Å². The SMILES string of the molecule is CCCCCCCCCCCCCCCCCCCCP(=O)(O)C[C@@H]1O[C@H](CO)[C@@H](O)[C@@H]1O. The van der Waals surface area contributed by atoms with E-state index in [0.717, 1.165) is 12.8 Å². The first kappa shape index (κ1) is 31.1. The Morgan fingerprint density at radius 2 is 1.00 bits per heavy atom. The average Bonchev–Trinajstić information content (AvgIpc) is 3.05. The van der Waals surface area contributed by atoms with E-state index in [1.54, 1.807) is 0 Å². The van der Waals surface area contributed by atoms with Crippen molar-refractivity contribution in [3.8, 4) is 0 Å². The molecular formula is C26H53O6P. The smallest absolute Gasteiger partial charge is 0.203 e. The van der Waals surface area contributed by atoms with E-state index < -0.39 is 38.4 Å². The van der Waals surface area contributed by atoms with Crippen LogP contribution >= 0.6 is 7.37 Å². The molecule has 0 aliphatic carbocycles. The molecule has 0 aromatic carbocycles. The van der Waals surface area contributed by atoms with Crippen LogP contribution in [-0.4, -0.2) is 63.6 Å². The fraction of sp³-hybridized carbons (Fsp3) is 1.00. The van der Waals surface area contributed by atoms with E-state index in [0.29, 0.717) is 6.42 Å². The Morgan fingerprint density at radius 3 is 1.36 bits per heavy atom. The van der Waals surface area contributed by atoms with E-state index >= 15 is 0 Å². The molecule has 0 aromatic rings. The number of hydrogen-bond acceptors (Lipinski definition) is 5. The van der Waals surface area contributed by atoms with Gasteiger partial charge in [0.15, 0.2) is 0 Å². The third-order valence-corrected chi connectivity index (χ3v) is 8.91. The quantitative estimate of drug-likeness (QED) is 0.113. The monoisotopic (exact) mass is 492 g/mol. The van der Waals surface area contributed by atoms with Crippen molar-refractivity contribution in [3.05, 3.63) is 0 Å². The topological polar surface area (TPSA) is 107 Å². The molecule has 1 unspecified atom stereocenters. The van der Waals surface area contributed by atoms with Crippen molar-refractivity contribution < 1.29 is 29.5 Å². The molecule has 4 N–H and O–H groups in total. The lowest BCUT2D eigenvalue weighted by Gasteiger charge is -2.18. The first-order chi connectivity index (χ1) is 15.9. The Hall–Kier alpha value is 0.0300. The number of aliphatic hydroxyl groups excluding tert-OH is 3. The molecule has 0 spiro atoms. The van der Waals surface area contributed by atoms with Gasteiger partial charge in [-0.15, -0.1) is 0 Å². The fourth-order valence-corrected chi connectivity index (χ4v) is 6.53. The van der Waals surface area contributed by atoms with E-state index in [1.165, 1.54) is 96.3 Å². The minimum atomic E-state index is -3.41. The van der Waals surface area contributed by atoms with Crippen LogP contribution in [0, 0.1) is 0 Å². The second-order valence-corrected chi connectivity index (χ2v) is 12.6. The van der Waals surface area contributed by atoms with Gasteiger partial charge in [-0.3, -0.25) is 4.57 Å². The van der Waals surface area contributed by atoms with Gasteiger partial charge in [-0.25, -0.2) is 0 Å². The Labute approximate surface area is 203 Å². The van der Waals surface area contributed by atoms with Crippen molar-refractivity contribution in [2.45, 2.75) is 147 Å². The van der Waals surface area contributed by atoms with Crippen molar-refractivity contribution in [2.24, 2.45) is 0 Å². The van der Waals surface area contributed by atoms with E-state index in [-0.39, 0.29) is 12.3 Å². The summed E-state index contributed by atoms with van der Waals surface area (Å²) in [6.07, 6.45) is 19.0. The van der Waals surface area contributed by atoms with Gasteiger partial charge in [-0.05, 0) is 6.42 Å². The number of aliphatic hydroxyl groups is 3. The molecule has 1 fully saturated rings. The third kappa shape index (κ3) is 14.9. The van der Waals surface area contributed by atoms with Gasteiger partial charge >= 0.3 is 0 Å². The second kappa shape index (κ2) is 19.2. The highest BCUT2D eigenvalue weighted by atomic mass is 31.2. The van der Waals surface area contributed by atoms with Crippen molar-refractivity contribution >= 4 is 7.37 Å². The van der Waals surface area contributed by atoms with Crippen LogP contribution in [0.15, 0.2) is 0 Å². The predicted molar refractivity (Wildman–Crippen MR) is 136 cm³/mol. The van der Waals surface area contributed by atoms with E-state index in [4.69, 9.17) is 9.84 Å². The Morgan fingerprint density at radius 1 is 0.636 bits per heavy atom. The van der Waals surface area contributed by atoms with Crippen LogP contribution in [0.3, 0.4) is 0 Å². The third-order valence-electron chi connectivity index (χ3n) is 6.97. The average molecular weight is 493 g/mol. The zero-order valence-corrected chi connectivity index (χ0v) is 22.1. The summed E-state index contributed by atoms with van der Waals surface area (Å²) < 4.78 is 17.7.